The van der Waals surface area contributed by atoms with Crippen LogP contribution in [0.5, 0.6) is 0 Å². The normalized spacial score (nSPS) is 23.9. The smallest absolute Gasteiger partial charge is 0.134 e. The average molecular weight is 290 g/mol. The second-order valence-electron chi connectivity index (χ2n) is 7.56. The van der Waals surface area contributed by atoms with Crippen molar-refractivity contribution in [3.63, 3.8) is 0 Å². The number of rotatable bonds is 4. The zero-order valence-corrected chi connectivity index (χ0v) is 13.5. The topological polar surface area (TPSA) is 50.3 Å². The molecule has 0 spiro atoms. The van der Waals surface area contributed by atoms with Crippen LogP contribution in [0.2, 0.25) is 0 Å². The van der Waals surface area contributed by atoms with Crippen LogP contribution >= 0.6 is 0 Å². The Morgan fingerprint density at radius 1 is 1.19 bits per heavy atom. The van der Waals surface area contributed by atoms with Crippen LogP contribution < -0.4 is 10.2 Å². The minimum absolute atomic E-state index is 0.172. The van der Waals surface area contributed by atoms with Crippen molar-refractivity contribution in [1.29, 1.82) is 0 Å². The standard InChI is InChI=1S/C16H26N4O/c1-15(2)9-20(10-16(3,4)21-15)14-7-13(18-11-19-14)17-8-12-5-6-12/h7,11-12H,5-6,8-10H2,1-4H3,(H,17,18,19). The first-order valence-corrected chi connectivity index (χ1v) is 7.84. The molecule has 116 valence electrons. The van der Waals surface area contributed by atoms with Crippen LogP contribution in [0.25, 0.3) is 0 Å². The number of ether oxygens (including phenoxy) is 1. The van der Waals surface area contributed by atoms with Gasteiger partial charge in [0, 0.05) is 25.7 Å². The SMILES string of the molecule is CC1(C)CN(c2cc(NCC3CC3)ncn2)CC(C)(C)O1. The molecule has 1 aliphatic heterocycles. The first-order valence-electron chi connectivity index (χ1n) is 7.84. The molecule has 1 saturated heterocycles. The minimum Gasteiger partial charge on any atom is -0.370 e. The Bertz CT molecular complexity index is 495. The fourth-order valence-electron chi connectivity index (χ4n) is 3.14. The summed E-state index contributed by atoms with van der Waals surface area (Å²) in [5.41, 5.74) is -0.345. The molecule has 0 aromatic carbocycles. The monoisotopic (exact) mass is 290 g/mol. The van der Waals surface area contributed by atoms with Gasteiger partial charge in [-0.2, -0.15) is 0 Å². The molecule has 5 heteroatoms. The average Bonchev–Trinajstić information content (AvgIpc) is 3.17. The highest BCUT2D eigenvalue weighted by Crippen LogP contribution is 2.31. The molecule has 1 aromatic heterocycles. The van der Waals surface area contributed by atoms with Crippen molar-refractivity contribution in [1.82, 2.24) is 9.97 Å². The third-order valence-corrected chi connectivity index (χ3v) is 3.94. The van der Waals surface area contributed by atoms with E-state index in [1.54, 1.807) is 6.33 Å². The zero-order valence-electron chi connectivity index (χ0n) is 13.5. The first kappa shape index (κ1) is 14.6. The van der Waals surface area contributed by atoms with Crippen LogP contribution in [0.3, 0.4) is 0 Å². The lowest BCUT2D eigenvalue weighted by atomic mass is 9.99. The molecule has 3 rings (SSSR count). The molecule has 0 atom stereocenters. The number of nitrogens with zero attached hydrogens (tertiary/aromatic N) is 3. The highest BCUT2D eigenvalue weighted by molar-refractivity contribution is 5.49. The van der Waals surface area contributed by atoms with E-state index in [-0.39, 0.29) is 11.2 Å². The van der Waals surface area contributed by atoms with Crippen LogP contribution in [0.15, 0.2) is 12.4 Å². The highest BCUT2D eigenvalue weighted by Gasteiger charge is 2.38. The second-order valence-corrected chi connectivity index (χ2v) is 7.56. The Balaban J connectivity index is 1.73. The van der Waals surface area contributed by atoms with E-state index in [9.17, 15) is 0 Å². The molecule has 1 aromatic rings. The van der Waals surface area contributed by atoms with E-state index < -0.39 is 0 Å². The van der Waals surface area contributed by atoms with Gasteiger partial charge in [-0.25, -0.2) is 9.97 Å². The molecule has 2 aliphatic rings. The Labute approximate surface area is 127 Å². The number of anilines is 2. The number of hydrogen-bond acceptors (Lipinski definition) is 5. The summed E-state index contributed by atoms with van der Waals surface area (Å²) in [6.07, 6.45) is 4.34. The predicted molar refractivity (Wildman–Crippen MR) is 84.7 cm³/mol. The zero-order chi connectivity index (χ0) is 15.1. The fourth-order valence-corrected chi connectivity index (χ4v) is 3.14. The molecule has 0 unspecified atom stereocenters. The largest absolute Gasteiger partial charge is 0.370 e. The maximum absolute atomic E-state index is 6.13. The minimum atomic E-state index is -0.172. The van der Waals surface area contributed by atoms with Gasteiger partial charge in [0.15, 0.2) is 0 Å². The van der Waals surface area contributed by atoms with Crippen molar-refractivity contribution in [2.45, 2.75) is 51.7 Å². The third-order valence-electron chi connectivity index (χ3n) is 3.94. The van der Waals surface area contributed by atoms with E-state index in [1.165, 1.54) is 12.8 Å². The molecular formula is C16H26N4O. The molecular weight excluding hydrogens is 264 g/mol. The van der Waals surface area contributed by atoms with Crippen molar-refractivity contribution in [3.8, 4) is 0 Å². The van der Waals surface area contributed by atoms with Crippen molar-refractivity contribution < 1.29 is 4.74 Å². The van der Waals surface area contributed by atoms with Gasteiger partial charge in [0.05, 0.1) is 11.2 Å². The van der Waals surface area contributed by atoms with Crippen molar-refractivity contribution in [3.05, 3.63) is 12.4 Å². The van der Waals surface area contributed by atoms with E-state index in [0.717, 1.165) is 37.2 Å². The summed E-state index contributed by atoms with van der Waals surface area (Å²) in [5.74, 6) is 2.74. The maximum Gasteiger partial charge on any atom is 0.134 e. The summed E-state index contributed by atoms with van der Waals surface area (Å²) in [6.45, 7) is 11.2. The number of aromatic nitrogens is 2. The summed E-state index contributed by atoms with van der Waals surface area (Å²) in [4.78, 5) is 11.1. The summed E-state index contributed by atoms with van der Waals surface area (Å²) >= 11 is 0. The molecule has 0 radical (unpaired) electrons. The summed E-state index contributed by atoms with van der Waals surface area (Å²) in [6, 6.07) is 2.06. The Morgan fingerprint density at radius 3 is 2.48 bits per heavy atom. The van der Waals surface area contributed by atoms with Gasteiger partial charge in [0.2, 0.25) is 0 Å². The van der Waals surface area contributed by atoms with Gasteiger partial charge >= 0.3 is 0 Å². The van der Waals surface area contributed by atoms with Gasteiger partial charge in [-0.15, -0.1) is 0 Å². The molecule has 0 bridgehead atoms. The van der Waals surface area contributed by atoms with Crippen LogP contribution in [0, 0.1) is 5.92 Å². The summed E-state index contributed by atoms with van der Waals surface area (Å²) < 4.78 is 6.13. The number of morpholine rings is 1. The van der Waals surface area contributed by atoms with Crippen molar-refractivity contribution in [2.24, 2.45) is 5.92 Å². The number of nitrogens with one attached hydrogen (secondary N) is 1. The Kier molecular flexibility index (Phi) is 3.56. The molecule has 0 amide bonds. The second kappa shape index (κ2) is 5.13. The molecule has 21 heavy (non-hydrogen) atoms. The van der Waals surface area contributed by atoms with E-state index in [1.807, 2.05) is 0 Å². The van der Waals surface area contributed by atoms with Gasteiger partial charge in [-0.3, -0.25) is 0 Å². The third kappa shape index (κ3) is 3.84. The Hall–Kier alpha value is -1.36. The Morgan fingerprint density at radius 2 is 1.86 bits per heavy atom. The van der Waals surface area contributed by atoms with E-state index in [4.69, 9.17) is 4.74 Å². The van der Waals surface area contributed by atoms with Crippen LogP contribution in [0.4, 0.5) is 11.6 Å². The predicted octanol–water partition coefficient (Wildman–Crippen LogP) is 2.69. The maximum atomic E-state index is 6.13. The first-order chi connectivity index (χ1) is 9.83. The van der Waals surface area contributed by atoms with Crippen molar-refractivity contribution >= 4 is 11.6 Å². The van der Waals surface area contributed by atoms with Crippen LogP contribution in [-0.4, -0.2) is 40.8 Å². The number of hydrogen-bond donors (Lipinski definition) is 1. The fraction of sp³-hybridized carbons (Fsp3) is 0.750. The highest BCUT2D eigenvalue weighted by atomic mass is 16.5. The molecule has 5 nitrogen and oxygen atoms in total. The molecule has 2 fully saturated rings. The van der Waals surface area contributed by atoms with Gasteiger partial charge in [-0.05, 0) is 46.5 Å². The molecule has 1 aliphatic carbocycles. The van der Waals surface area contributed by atoms with Gasteiger partial charge in [0.1, 0.15) is 18.0 Å². The quantitative estimate of drug-likeness (QED) is 0.924. The lowest BCUT2D eigenvalue weighted by molar-refractivity contribution is -0.133. The molecule has 1 N–H and O–H groups in total. The lowest BCUT2D eigenvalue weighted by Crippen LogP contribution is -2.57. The van der Waals surface area contributed by atoms with Gasteiger partial charge < -0.3 is 15.0 Å². The van der Waals surface area contributed by atoms with E-state index in [0.29, 0.717) is 0 Å². The van der Waals surface area contributed by atoms with Gasteiger partial charge in [0.25, 0.3) is 0 Å². The molecule has 1 saturated carbocycles. The molecule has 2 heterocycles. The van der Waals surface area contributed by atoms with Crippen LogP contribution in [0.1, 0.15) is 40.5 Å². The summed E-state index contributed by atoms with van der Waals surface area (Å²) in [7, 11) is 0. The van der Waals surface area contributed by atoms with E-state index in [2.05, 4.69) is 53.9 Å². The van der Waals surface area contributed by atoms with Gasteiger partial charge in [-0.1, -0.05) is 0 Å². The summed E-state index contributed by atoms with van der Waals surface area (Å²) in [5, 5.41) is 3.42. The van der Waals surface area contributed by atoms with Crippen LogP contribution in [-0.2, 0) is 4.74 Å². The van der Waals surface area contributed by atoms with E-state index >= 15 is 0 Å². The lowest BCUT2D eigenvalue weighted by Gasteiger charge is -2.47. The van der Waals surface area contributed by atoms with Crippen molar-refractivity contribution in [2.75, 3.05) is 29.9 Å².